The molecule has 0 unspecified atom stereocenters. The van der Waals surface area contributed by atoms with Crippen molar-refractivity contribution < 1.29 is 27.5 Å². The minimum atomic E-state index is -4.74. The van der Waals surface area contributed by atoms with E-state index in [9.17, 15) is 22.8 Å². The van der Waals surface area contributed by atoms with Gasteiger partial charge in [0.1, 0.15) is 0 Å². The van der Waals surface area contributed by atoms with Gasteiger partial charge in [0, 0.05) is 12.2 Å². The fourth-order valence-corrected chi connectivity index (χ4v) is 3.79. The Kier molecular flexibility index (Phi) is 5.64. The number of alkyl halides is 3. The van der Waals surface area contributed by atoms with Gasteiger partial charge in [-0.2, -0.15) is 13.2 Å². The summed E-state index contributed by atoms with van der Waals surface area (Å²) in [6, 6.07) is 6.78. The Balaban J connectivity index is 2.04. The molecule has 1 aromatic heterocycles. The van der Waals surface area contributed by atoms with E-state index in [0.717, 1.165) is 23.4 Å². The minimum Gasteiger partial charge on any atom is -0.465 e. The Bertz CT molecular complexity index is 941. The topological polar surface area (TPSA) is 59.5 Å². The van der Waals surface area contributed by atoms with Crippen molar-refractivity contribution in [3.8, 4) is 0 Å². The number of aromatic nitrogens is 1. The van der Waals surface area contributed by atoms with Crippen LogP contribution in [0.5, 0.6) is 0 Å². The van der Waals surface area contributed by atoms with Gasteiger partial charge in [-0.05, 0) is 62.1 Å². The van der Waals surface area contributed by atoms with Crippen LogP contribution in [-0.2, 0) is 17.3 Å². The number of aryl methyl sites for hydroxylation is 1. The molecule has 0 saturated carbocycles. The summed E-state index contributed by atoms with van der Waals surface area (Å²) in [7, 11) is 1.28. The molecule has 5 nitrogen and oxygen atoms in total. The highest BCUT2D eigenvalue weighted by molar-refractivity contribution is 5.96. The van der Waals surface area contributed by atoms with E-state index in [1.165, 1.54) is 18.1 Å². The number of hydrogen-bond donors (Lipinski definition) is 0. The van der Waals surface area contributed by atoms with Crippen LogP contribution in [0.3, 0.4) is 0 Å². The molecule has 1 atom stereocenters. The number of esters is 1. The molecule has 0 radical (unpaired) electrons. The number of carbonyl (C=O) groups excluding carboxylic acids is 2. The third kappa shape index (κ3) is 3.97. The molecule has 0 aliphatic heterocycles. The lowest BCUT2D eigenvalue weighted by molar-refractivity contribution is -0.141. The zero-order valence-electron chi connectivity index (χ0n) is 16.3. The lowest BCUT2D eigenvalue weighted by Crippen LogP contribution is -2.40. The number of pyridine rings is 1. The number of ether oxygens (including phenoxy) is 1. The fraction of sp³-hybridized carbons (Fsp3) is 0.381. The molecule has 8 heteroatoms. The van der Waals surface area contributed by atoms with Crippen molar-refractivity contribution >= 4 is 11.9 Å². The highest BCUT2D eigenvalue weighted by Gasteiger charge is 2.40. The smallest absolute Gasteiger partial charge is 0.434 e. The molecule has 0 spiro atoms. The molecule has 1 aliphatic carbocycles. The molecule has 1 aromatic carbocycles. The maximum absolute atomic E-state index is 13.4. The lowest BCUT2D eigenvalue weighted by Gasteiger charge is -2.34. The Morgan fingerprint density at radius 2 is 1.97 bits per heavy atom. The quantitative estimate of drug-likeness (QED) is 0.705. The standard InChI is InChI=1S/C21H21F3N2O3/c1-12(2)26(19(27)15-5-4-10-25-18(15)21(22,23)24)17-9-8-13-6-7-14(11-16(13)17)20(28)29-3/h4-7,10-12,17H,8-9H2,1-3H3/t17-/m1/s1. The Labute approximate surface area is 166 Å². The lowest BCUT2D eigenvalue weighted by atomic mass is 10.0. The summed E-state index contributed by atoms with van der Waals surface area (Å²) in [5.41, 5.74) is 0.380. The number of fused-ring (bicyclic) bond motifs is 1. The third-order valence-electron chi connectivity index (χ3n) is 5.05. The van der Waals surface area contributed by atoms with Gasteiger partial charge in [0.2, 0.25) is 0 Å². The molecular weight excluding hydrogens is 385 g/mol. The van der Waals surface area contributed by atoms with Crippen molar-refractivity contribution in [1.82, 2.24) is 9.88 Å². The first-order valence-electron chi connectivity index (χ1n) is 9.21. The van der Waals surface area contributed by atoms with Gasteiger partial charge < -0.3 is 9.64 Å². The molecule has 154 valence electrons. The van der Waals surface area contributed by atoms with Crippen LogP contribution in [0.2, 0.25) is 0 Å². The van der Waals surface area contributed by atoms with E-state index in [1.54, 1.807) is 32.0 Å². The molecule has 0 N–H and O–H groups in total. The predicted octanol–water partition coefficient (Wildman–Crippen LogP) is 4.43. The van der Waals surface area contributed by atoms with E-state index >= 15 is 0 Å². The van der Waals surface area contributed by atoms with Crippen LogP contribution in [0.25, 0.3) is 0 Å². The van der Waals surface area contributed by atoms with E-state index in [0.29, 0.717) is 18.4 Å². The molecule has 29 heavy (non-hydrogen) atoms. The summed E-state index contributed by atoms with van der Waals surface area (Å²) in [6.45, 7) is 3.51. The highest BCUT2D eigenvalue weighted by atomic mass is 19.4. The highest BCUT2D eigenvalue weighted by Crippen LogP contribution is 2.39. The maximum atomic E-state index is 13.4. The van der Waals surface area contributed by atoms with E-state index in [2.05, 4.69) is 4.98 Å². The summed E-state index contributed by atoms with van der Waals surface area (Å²) in [4.78, 5) is 30.0. The molecule has 0 fully saturated rings. The van der Waals surface area contributed by atoms with Gasteiger partial charge in [-0.25, -0.2) is 4.79 Å². The molecule has 1 amide bonds. The molecule has 3 rings (SSSR count). The second-order valence-electron chi connectivity index (χ2n) is 7.16. The van der Waals surface area contributed by atoms with Gasteiger partial charge in [-0.15, -0.1) is 0 Å². The number of rotatable bonds is 4. The van der Waals surface area contributed by atoms with Crippen molar-refractivity contribution in [2.24, 2.45) is 0 Å². The third-order valence-corrected chi connectivity index (χ3v) is 5.05. The maximum Gasteiger partial charge on any atom is 0.434 e. The van der Waals surface area contributed by atoms with Gasteiger partial charge in [0.05, 0.1) is 24.3 Å². The van der Waals surface area contributed by atoms with Gasteiger partial charge in [-0.3, -0.25) is 9.78 Å². The number of nitrogens with zero attached hydrogens (tertiary/aromatic N) is 2. The SMILES string of the molecule is COC(=O)c1ccc2c(c1)[C@H](N(C(=O)c1cccnc1C(F)(F)F)C(C)C)CC2. The molecule has 2 aromatic rings. The second kappa shape index (κ2) is 7.85. The van der Waals surface area contributed by atoms with Gasteiger partial charge >= 0.3 is 12.1 Å². The molecule has 1 aliphatic rings. The van der Waals surface area contributed by atoms with Crippen molar-refractivity contribution in [2.75, 3.05) is 7.11 Å². The van der Waals surface area contributed by atoms with E-state index < -0.39 is 35.4 Å². The predicted molar refractivity (Wildman–Crippen MR) is 99.4 cm³/mol. The van der Waals surface area contributed by atoms with Crippen LogP contribution >= 0.6 is 0 Å². The first-order chi connectivity index (χ1) is 13.6. The van der Waals surface area contributed by atoms with E-state index in [4.69, 9.17) is 4.74 Å². The molecular formula is C21H21F3N2O3. The van der Waals surface area contributed by atoms with E-state index in [-0.39, 0.29) is 6.04 Å². The molecule has 1 heterocycles. The number of amides is 1. The number of carbonyl (C=O) groups is 2. The van der Waals surface area contributed by atoms with Gasteiger partial charge in [-0.1, -0.05) is 6.07 Å². The first-order valence-corrected chi connectivity index (χ1v) is 9.21. The van der Waals surface area contributed by atoms with E-state index in [1.807, 2.05) is 0 Å². The Morgan fingerprint density at radius 3 is 2.59 bits per heavy atom. The average molecular weight is 406 g/mol. The Hall–Kier alpha value is -2.90. The zero-order chi connectivity index (χ0) is 21.3. The number of hydrogen-bond acceptors (Lipinski definition) is 4. The minimum absolute atomic E-state index is 0.340. The van der Waals surface area contributed by atoms with Gasteiger partial charge in [0.15, 0.2) is 5.69 Å². The monoisotopic (exact) mass is 406 g/mol. The van der Waals surface area contributed by atoms with Crippen molar-refractivity contribution in [3.63, 3.8) is 0 Å². The van der Waals surface area contributed by atoms with Gasteiger partial charge in [0.25, 0.3) is 5.91 Å². The first kappa shape index (κ1) is 20.8. The summed E-state index contributed by atoms with van der Waals surface area (Å²) in [5.74, 6) is -1.24. The number of methoxy groups -OCH3 is 1. The molecule has 0 saturated heterocycles. The van der Waals surface area contributed by atoms with Crippen LogP contribution in [-0.4, -0.2) is 34.9 Å². The average Bonchev–Trinajstić information content (AvgIpc) is 3.09. The summed E-state index contributed by atoms with van der Waals surface area (Å²) < 4.78 is 44.9. The van der Waals surface area contributed by atoms with Crippen molar-refractivity contribution in [1.29, 1.82) is 0 Å². The fourth-order valence-electron chi connectivity index (χ4n) is 3.79. The Morgan fingerprint density at radius 1 is 1.24 bits per heavy atom. The second-order valence-corrected chi connectivity index (χ2v) is 7.16. The number of benzene rings is 1. The zero-order valence-corrected chi connectivity index (χ0v) is 16.3. The van der Waals surface area contributed by atoms with Crippen molar-refractivity contribution in [2.45, 2.75) is 44.9 Å². The van der Waals surface area contributed by atoms with Crippen LogP contribution in [0, 0.1) is 0 Å². The summed E-state index contributed by atoms with van der Waals surface area (Å²) in [5, 5.41) is 0. The normalized spacial score (nSPS) is 15.9. The van der Waals surface area contributed by atoms with Crippen LogP contribution in [0.1, 0.15) is 63.8 Å². The summed E-state index contributed by atoms with van der Waals surface area (Å²) in [6.07, 6.45) is -2.49. The largest absolute Gasteiger partial charge is 0.465 e. The van der Waals surface area contributed by atoms with Crippen LogP contribution < -0.4 is 0 Å². The molecule has 0 bridgehead atoms. The number of halogens is 3. The van der Waals surface area contributed by atoms with Crippen LogP contribution in [0.15, 0.2) is 36.5 Å². The van der Waals surface area contributed by atoms with Crippen LogP contribution in [0.4, 0.5) is 13.2 Å². The summed E-state index contributed by atoms with van der Waals surface area (Å²) >= 11 is 0. The van der Waals surface area contributed by atoms with Crippen molar-refractivity contribution in [3.05, 3.63) is 64.5 Å².